The Labute approximate surface area is 202 Å². The third-order valence-electron chi connectivity index (χ3n) is 8.53. The minimum atomic E-state index is -0.816. The molecule has 6 heteroatoms. The number of allylic oxidation sites excluding steroid dienone is 1. The highest BCUT2D eigenvalue weighted by atomic mass is 16.3. The van der Waals surface area contributed by atoms with E-state index in [1.165, 1.54) is 5.57 Å². The monoisotopic (exact) mass is 472 g/mol. The van der Waals surface area contributed by atoms with Crippen molar-refractivity contribution in [2.45, 2.75) is 85.2 Å². The molecule has 6 nitrogen and oxygen atoms in total. The van der Waals surface area contributed by atoms with Crippen molar-refractivity contribution in [3.63, 3.8) is 0 Å². The Hall–Kier alpha value is -2.34. The molecule has 0 aromatic heterocycles. The van der Waals surface area contributed by atoms with Crippen molar-refractivity contribution in [3.8, 4) is 17.2 Å². The maximum atomic E-state index is 11.7. The molecule has 0 spiro atoms. The molecule has 1 aromatic carbocycles. The lowest BCUT2D eigenvalue weighted by atomic mass is 9.51. The Kier molecular flexibility index (Phi) is 7.24. The number of phenols is 3. The minimum Gasteiger partial charge on any atom is -0.507 e. The van der Waals surface area contributed by atoms with Crippen molar-refractivity contribution in [2.24, 2.45) is 29.1 Å². The van der Waals surface area contributed by atoms with Crippen LogP contribution in [-0.4, -0.2) is 38.6 Å². The van der Waals surface area contributed by atoms with Crippen molar-refractivity contribution in [2.75, 3.05) is 0 Å². The molecule has 0 bridgehead atoms. The second-order valence-corrected chi connectivity index (χ2v) is 11.7. The van der Waals surface area contributed by atoms with Crippen LogP contribution in [0.1, 0.15) is 106 Å². The zero-order valence-corrected chi connectivity index (χ0v) is 21.3. The molecular weight excluding hydrogens is 432 g/mol. The van der Waals surface area contributed by atoms with Gasteiger partial charge in [-0.25, -0.2) is 0 Å². The Balaban J connectivity index is 2.23. The summed E-state index contributed by atoms with van der Waals surface area (Å²) in [6, 6.07) is 0. The van der Waals surface area contributed by atoms with Crippen molar-refractivity contribution >= 4 is 12.6 Å². The first kappa shape index (κ1) is 26.3. The van der Waals surface area contributed by atoms with Crippen LogP contribution in [0.4, 0.5) is 0 Å². The van der Waals surface area contributed by atoms with Crippen LogP contribution in [0.25, 0.3) is 0 Å². The fourth-order valence-corrected chi connectivity index (χ4v) is 6.66. The molecular formula is C28H40O6. The van der Waals surface area contributed by atoms with E-state index in [-0.39, 0.29) is 45.8 Å². The van der Waals surface area contributed by atoms with E-state index in [0.29, 0.717) is 24.9 Å². The summed E-state index contributed by atoms with van der Waals surface area (Å²) in [5.74, 6) is -1.23. The van der Waals surface area contributed by atoms with Crippen LogP contribution in [0.2, 0.25) is 0 Å². The summed E-state index contributed by atoms with van der Waals surface area (Å²) in [6.07, 6.45) is 7.03. The van der Waals surface area contributed by atoms with Crippen LogP contribution in [0, 0.1) is 29.1 Å². The fraction of sp³-hybridized carbons (Fsp3) is 0.643. The average Bonchev–Trinajstić information content (AvgIpc) is 2.72. The summed E-state index contributed by atoms with van der Waals surface area (Å²) in [5, 5.41) is 43.1. The molecule has 0 aliphatic heterocycles. The molecule has 0 saturated heterocycles. The predicted octanol–water partition coefficient (Wildman–Crippen LogP) is 5.72. The average molecular weight is 473 g/mol. The highest BCUT2D eigenvalue weighted by molar-refractivity contribution is 5.95. The van der Waals surface area contributed by atoms with E-state index >= 15 is 0 Å². The van der Waals surface area contributed by atoms with E-state index in [1.807, 2.05) is 13.8 Å². The van der Waals surface area contributed by atoms with Gasteiger partial charge in [-0.2, -0.15) is 0 Å². The number of fused-ring (bicyclic) bond motifs is 1. The van der Waals surface area contributed by atoms with Gasteiger partial charge >= 0.3 is 0 Å². The third kappa shape index (κ3) is 4.37. The molecule has 34 heavy (non-hydrogen) atoms. The number of aliphatic hydroxyl groups is 1. The van der Waals surface area contributed by atoms with Crippen LogP contribution in [0.5, 0.6) is 17.2 Å². The quantitative estimate of drug-likeness (QED) is 0.298. The van der Waals surface area contributed by atoms with Crippen molar-refractivity contribution in [1.29, 1.82) is 0 Å². The molecule has 1 aromatic rings. The second-order valence-electron chi connectivity index (χ2n) is 11.7. The van der Waals surface area contributed by atoms with Gasteiger partial charge in [0, 0.05) is 11.5 Å². The summed E-state index contributed by atoms with van der Waals surface area (Å²) in [6.45, 7) is 12.3. The molecule has 1 saturated carbocycles. The molecule has 0 amide bonds. The molecule has 0 radical (unpaired) electrons. The van der Waals surface area contributed by atoms with Gasteiger partial charge in [0.2, 0.25) is 0 Å². The van der Waals surface area contributed by atoms with Gasteiger partial charge in [-0.1, -0.05) is 39.3 Å². The zero-order chi connectivity index (χ0) is 25.6. The first-order chi connectivity index (χ1) is 15.8. The van der Waals surface area contributed by atoms with E-state index in [0.717, 1.165) is 25.7 Å². The topological polar surface area (TPSA) is 115 Å². The van der Waals surface area contributed by atoms with Gasteiger partial charge in [0.05, 0.1) is 16.7 Å². The summed E-state index contributed by atoms with van der Waals surface area (Å²) in [7, 11) is 0. The Bertz CT molecular complexity index is 951. The van der Waals surface area contributed by atoms with Gasteiger partial charge in [-0.05, 0) is 75.0 Å². The van der Waals surface area contributed by atoms with Gasteiger partial charge in [-0.15, -0.1) is 0 Å². The molecule has 2 aliphatic rings. The van der Waals surface area contributed by atoms with E-state index in [9.17, 15) is 30.0 Å². The molecule has 1 fully saturated rings. The summed E-state index contributed by atoms with van der Waals surface area (Å²) < 4.78 is 0. The standard InChI is InChI=1S/C28H40O6/c1-15(2)11-18(23-25(32)19(13-29)24(31)20(14-30)26(23)33)21-8-7-16(3)22-12-17(27(4,5)34)9-10-28(21,22)6/h12-18,21,31-34H,7-11H2,1-6H3. The molecule has 3 rings (SSSR count). The number of carbonyl (C=O) groups excluding carboxylic acids is 2. The van der Waals surface area contributed by atoms with Crippen LogP contribution >= 0.6 is 0 Å². The van der Waals surface area contributed by atoms with E-state index < -0.39 is 22.8 Å². The second kappa shape index (κ2) is 9.37. The van der Waals surface area contributed by atoms with E-state index in [4.69, 9.17) is 0 Å². The van der Waals surface area contributed by atoms with Crippen molar-refractivity contribution in [1.82, 2.24) is 0 Å². The third-order valence-corrected chi connectivity index (χ3v) is 8.53. The molecule has 0 heterocycles. The van der Waals surface area contributed by atoms with Crippen LogP contribution in [-0.2, 0) is 0 Å². The molecule has 2 aliphatic carbocycles. The number of hydrogen-bond donors (Lipinski definition) is 4. The number of aromatic hydroxyl groups is 3. The van der Waals surface area contributed by atoms with Gasteiger partial charge in [0.15, 0.2) is 12.6 Å². The normalized spacial score (nSPS) is 28.2. The first-order valence-corrected chi connectivity index (χ1v) is 12.4. The molecule has 188 valence electrons. The summed E-state index contributed by atoms with van der Waals surface area (Å²) in [5.41, 5.74) is -0.276. The number of benzene rings is 1. The molecule has 4 N–H and O–H groups in total. The lowest BCUT2D eigenvalue weighted by Gasteiger charge is -2.53. The Morgan fingerprint density at radius 1 is 1.03 bits per heavy atom. The maximum Gasteiger partial charge on any atom is 0.157 e. The van der Waals surface area contributed by atoms with Gasteiger partial charge in [-0.3, -0.25) is 9.59 Å². The van der Waals surface area contributed by atoms with E-state index in [2.05, 4.69) is 33.8 Å². The number of carbonyl (C=O) groups is 2. The zero-order valence-electron chi connectivity index (χ0n) is 21.3. The van der Waals surface area contributed by atoms with Gasteiger partial charge in [0.1, 0.15) is 17.2 Å². The minimum absolute atomic E-state index is 0.0421. The fourth-order valence-electron chi connectivity index (χ4n) is 6.66. The maximum absolute atomic E-state index is 11.7. The highest BCUT2D eigenvalue weighted by Crippen LogP contribution is 2.61. The van der Waals surface area contributed by atoms with Crippen molar-refractivity contribution in [3.05, 3.63) is 28.3 Å². The molecule has 5 unspecified atom stereocenters. The van der Waals surface area contributed by atoms with Crippen LogP contribution < -0.4 is 0 Å². The lowest BCUT2D eigenvalue weighted by Crippen LogP contribution is -2.45. The SMILES string of the molecule is CC(C)CC(c1c(O)c(C=O)c(O)c(C=O)c1O)C1CCC(C)C2=CC(C(C)(C)O)CCC21C. The predicted molar refractivity (Wildman–Crippen MR) is 132 cm³/mol. The largest absolute Gasteiger partial charge is 0.507 e. The van der Waals surface area contributed by atoms with Gasteiger partial charge in [0.25, 0.3) is 0 Å². The smallest absolute Gasteiger partial charge is 0.157 e. The number of hydrogen-bond acceptors (Lipinski definition) is 6. The van der Waals surface area contributed by atoms with Gasteiger partial charge < -0.3 is 20.4 Å². The van der Waals surface area contributed by atoms with Crippen molar-refractivity contribution < 1.29 is 30.0 Å². The van der Waals surface area contributed by atoms with Crippen LogP contribution in [0.3, 0.4) is 0 Å². The number of aldehydes is 2. The number of rotatable bonds is 7. The summed E-state index contributed by atoms with van der Waals surface area (Å²) in [4.78, 5) is 23.4. The van der Waals surface area contributed by atoms with E-state index in [1.54, 1.807) is 0 Å². The highest BCUT2D eigenvalue weighted by Gasteiger charge is 2.50. The lowest BCUT2D eigenvalue weighted by molar-refractivity contribution is 0.00965. The molecule has 5 atom stereocenters. The number of phenolic OH excluding ortho intramolecular Hbond substituents is 3. The van der Waals surface area contributed by atoms with Crippen LogP contribution in [0.15, 0.2) is 11.6 Å². The summed E-state index contributed by atoms with van der Waals surface area (Å²) >= 11 is 0. The Morgan fingerprint density at radius 3 is 2.06 bits per heavy atom. The first-order valence-electron chi connectivity index (χ1n) is 12.4. The Morgan fingerprint density at radius 2 is 1.59 bits per heavy atom.